The number of aliphatic hydroxyl groups excluding tert-OH is 1. The lowest BCUT2D eigenvalue weighted by atomic mass is 9.98. The SMILES string of the molecule is C=C(C[C@H](O)[C@H]1OC(C)(C)O[C@@H]1[C@H]1COC(C)(C)O1)C(=O)OCC. The van der Waals surface area contributed by atoms with Crippen molar-refractivity contribution in [3.63, 3.8) is 0 Å². The van der Waals surface area contributed by atoms with Gasteiger partial charge in [-0.3, -0.25) is 0 Å². The van der Waals surface area contributed by atoms with Crippen LogP contribution in [-0.4, -0.2) is 60.3 Å². The first-order valence-electron chi connectivity index (χ1n) is 8.25. The van der Waals surface area contributed by atoms with E-state index in [1.165, 1.54) is 0 Å². The van der Waals surface area contributed by atoms with E-state index in [4.69, 9.17) is 23.7 Å². The summed E-state index contributed by atoms with van der Waals surface area (Å²) in [4.78, 5) is 11.7. The molecule has 138 valence electrons. The molecule has 2 aliphatic rings. The molecular weight excluding hydrogens is 316 g/mol. The van der Waals surface area contributed by atoms with Gasteiger partial charge in [0.05, 0.1) is 19.3 Å². The lowest BCUT2D eigenvalue weighted by molar-refractivity contribution is -0.175. The van der Waals surface area contributed by atoms with Crippen LogP contribution in [0.3, 0.4) is 0 Å². The standard InChI is InChI=1S/C17H28O7/c1-7-20-15(19)10(2)8-11(18)13-14(24-17(5,6)23-13)12-9-21-16(3,4)22-12/h11-14,18H,2,7-9H2,1,3-6H3/t11-,12+,13+,14+/m0/s1. The molecule has 2 aliphatic heterocycles. The molecule has 1 N–H and O–H groups in total. The van der Waals surface area contributed by atoms with Gasteiger partial charge in [-0.05, 0) is 34.6 Å². The molecule has 0 aromatic rings. The summed E-state index contributed by atoms with van der Waals surface area (Å²) in [6.45, 7) is 13.2. The van der Waals surface area contributed by atoms with Gasteiger partial charge < -0.3 is 28.8 Å². The molecule has 0 radical (unpaired) electrons. The molecule has 4 atom stereocenters. The van der Waals surface area contributed by atoms with E-state index in [1.54, 1.807) is 20.8 Å². The molecule has 0 unspecified atom stereocenters. The van der Waals surface area contributed by atoms with Crippen LogP contribution >= 0.6 is 0 Å². The zero-order valence-corrected chi connectivity index (χ0v) is 15.0. The molecule has 2 rings (SSSR count). The molecule has 7 heteroatoms. The smallest absolute Gasteiger partial charge is 0.333 e. The molecule has 0 aliphatic carbocycles. The maximum Gasteiger partial charge on any atom is 0.333 e. The Morgan fingerprint density at radius 1 is 1.25 bits per heavy atom. The van der Waals surface area contributed by atoms with Gasteiger partial charge in [0, 0.05) is 12.0 Å². The fourth-order valence-electron chi connectivity index (χ4n) is 2.96. The van der Waals surface area contributed by atoms with Crippen molar-refractivity contribution in [1.29, 1.82) is 0 Å². The predicted octanol–water partition coefficient (Wildman–Crippen LogP) is 1.53. The first-order valence-corrected chi connectivity index (χ1v) is 8.25. The zero-order valence-electron chi connectivity index (χ0n) is 15.0. The number of esters is 1. The minimum Gasteiger partial charge on any atom is -0.463 e. The Morgan fingerprint density at radius 3 is 2.46 bits per heavy atom. The third kappa shape index (κ3) is 4.55. The summed E-state index contributed by atoms with van der Waals surface area (Å²) < 4.78 is 28.1. The summed E-state index contributed by atoms with van der Waals surface area (Å²) in [7, 11) is 0. The lowest BCUT2D eigenvalue weighted by Gasteiger charge is -2.26. The molecule has 7 nitrogen and oxygen atoms in total. The maximum atomic E-state index is 11.7. The van der Waals surface area contributed by atoms with E-state index < -0.39 is 35.9 Å². The number of carbonyl (C=O) groups excluding carboxylic acids is 1. The summed E-state index contributed by atoms with van der Waals surface area (Å²) in [6.07, 6.45) is -2.46. The third-order valence-electron chi connectivity index (χ3n) is 3.96. The summed E-state index contributed by atoms with van der Waals surface area (Å²) in [5, 5.41) is 10.6. The van der Waals surface area contributed by atoms with Crippen LogP contribution in [0.4, 0.5) is 0 Å². The van der Waals surface area contributed by atoms with Gasteiger partial charge in [-0.1, -0.05) is 6.58 Å². The van der Waals surface area contributed by atoms with Crippen molar-refractivity contribution in [2.45, 2.75) is 77.0 Å². The van der Waals surface area contributed by atoms with E-state index in [0.717, 1.165) is 0 Å². The van der Waals surface area contributed by atoms with Crippen molar-refractivity contribution in [2.24, 2.45) is 0 Å². The van der Waals surface area contributed by atoms with E-state index in [1.807, 2.05) is 13.8 Å². The van der Waals surface area contributed by atoms with E-state index in [2.05, 4.69) is 6.58 Å². The quantitative estimate of drug-likeness (QED) is 0.578. The second-order valence-corrected chi connectivity index (χ2v) is 7.03. The maximum absolute atomic E-state index is 11.7. The molecule has 24 heavy (non-hydrogen) atoms. The first-order chi connectivity index (χ1) is 11.0. The van der Waals surface area contributed by atoms with Gasteiger partial charge in [0.2, 0.25) is 0 Å². The summed E-state index contributed by atoms with van der Waals surface area (Å²) in [6, 6.07) is 0. The van der Waals surface area contributed by atoms with Gasteiger partial charge in [0.15, 0.2) is 11.6 Å². The fraction of sp³-hybridized carbons (Fsp3) is 0.824. The molecule has 0 aromatic heterocycles. The van der Waals surface area contributed by atoms with Crippen molar-refractivity contribution in [3.05, 3.63) is 12.2 Å². The van der Waals surface area contributed by atoms with Gasteiger partial charge in [-0.15, -0.1) is 0 Å². The van der Waals surface area contributed by atoms with Crippen molar-refractivity contribution in [2.75, 3.05) is 13.2 Å². The van der Waals surface area contributed by atoms with Crippen LogP contribution in [0.5, 0.6) is 0 Å². The summed E-state index contributed by atoms with van der Waals surface area (Å²) >= 11 is 0. The molecule has 0 bridgehead atoms. The molecule has 0 spiro atoms. The largest absolute Gasteiger partial charge is 0.463 e. The van der Waals surface area contributed by atoms with Crippen LogP contribution in [0, 0.1) is 0 Å². The number of rotatable bonds is 6. The Hall–Kier alpha value is -0.990. The highest BCUT2D eigenvalue weighted by atomic mass is 16.8. The van der Waals surface area contributed by atoms with Gasteiger partial charge >= 0.3 is 5.97 Å². The van der Waals surface area contributed by atoms with Crippen LogP contribution in [0.15, 0.2) is 12.2 Å². The molecule has 2 heterocycles. The average molecular weight is 344 g/mol. The van der Waals surface area contributed by atoms with Crippen molar-refractivity contribution in [3.8, 4) is 0 Å². The van der Waals surface area contributed by atoms with Gasteiger partial charge in [0.25, 0.3) is 0 Å². The highest BCUT2D eigenvalue weighted by molar-refractivity contribution is 5.87. The predicted molar refractivity (Wildman–Crippen MR) is 85.1 cm³/mol. The van der Waals surface area contributed by atoms with Crippen LogP contribution < -0.4 is 0 Å². The van der Waals surface area contributed by atoms with E-state index in [0.29, 0.717) is 6.61 Å². The Bertz CT molecular complexity index is 485. The molecule has 2 fully saturated rings. The van der Waals surface area contributed by atoms with Crippen LogP contribution in [0.2, 0.25) is 0 Å². The molecule has 2 saturated heterocycles. The summed E-state index contributed by atoms with van der Waals surface area (Å²) in [5.74, 6) is -2.09. The molecule has 0 aromatic carbocycles. The minimum absolute atomic E-state index is 0.0381. The van der Waals surface area contributed by atoms with Gasteiger partial charge in [0.1, 0.15) is 18.3 Å². The number of carbonyl (C=O) groups is 1. The fourth-order valence-corrected chi connectivity index (χ4v) is 2.96. The third-order valence-corrected chi connectivity index (χ3v) is 3.96. The normalized spacial score (nSPS) is 32.5. The molecule has 0 saturated carbocycles. The topological polar surface area (TPSA) is 83.5 Å². The lowest BCUT2D eigenvalue weighted by Crippen LogP contribution is -2.44. The van der Waals surface area contributed by atoms with Gasteiger partial charge in [-0.2, -0.15) is 0 Å². The highest BCUT2D eigenvalue weighted by Crippen LogP contribution is 2.37. The Morgan fingerprint density at radius 2 is 1.92 bits per heavy atom. The van der Waals surface area contributed by atoms with Crippen LogP contribution in [-0.2, 0) is 28.5 Å². The zero-order chi connectivity index (χ0) is 18.1. The molecular formula is C17H28O7. The minimum atomic E-state index is -0.971. The Kier molecular flexibility index (Phi) is 5.71. The average Bonchev–Trinajstić information content (AvgIpc) is 2.98. The number of aliphatic hydroxyl groups is 1. The van der Waals surface area contributed by atoms with Crippen molar-refractivity contribution < 1.29 is 33.6 Å². The number of hydrogen-bond donors (Lipinski definition) is 1. The number of hydrogen-bond acceptors (Lipinski definition) is 7. The highest BCUT2D eigenvalue weighted by Gasteiger charge is 2.52. The van der Waals surface area contributed by atoms with E-state index >= 15 is 0 Å². The van der Waals surface area contributed by atoms with E-state index in [9.17, 15) is 9.90 Å². The summed E-state index contributed by atoms with van der Waals surface area (Å²) in [5.41, 5.74) is 0.195. The Labute approximate surface area is 142 Å². The first kappa shape index (κ1) is 19.3. The monoisotopic (exact) mass is 344 g/mol. The van der Waals surface area contributed by atoms with Gasteiger partial charge in [-0.25, -0.2) is 4.79 Å². The molecule has 0 amide bonds. The second kappa shape index (κ2) is 7.09. The van der Waals surface area contributed by atoms with Crippen LogP contribution in [0.25, 0.3) is 0 Å². The second-order valence-electron chi connectivity index (χ2n) is 7.03. The van der Waals surface area contributed by atoms with Crippen molar-refractivity contribution >= 4 is 5.97 Å². The van der Waals surface area contributed by atoms with Crippen molar-refractivity contribution in [1.82, 2.24) is 0 Å². The van der Waals surface area contributed by atoms with E-state index in [-0.39, 0.29) is 24.7 Å². The Balaban J connectivity index is 2.05. The van der Waals surface area contributed by atoms with Crippen LogP contribution in [0.1, 0.15) is 41.0 Å². The number of ether oxygens (including phenoxy) is 5.